The van der Waals surface area contributed by atoms with Crippen molar-refractivity contribution < 1.29 is 9.53 Å². The van der Waals surface area contributed by atoms with Crippen LogP contribution in [0, 0.1) is 0 Å². The number of esters is 1. The molecule has 4 N–H and O–H groups in total. The number of nitrogens with one attached hydrogen (secondary N) is 2. The van der Waals surface area contributed by atoms with Crippen LogP contribution in [0.3, 0.4) is 0 Å². The first-order valence-electron chi connectivity index (χ1n) is 6.59. The van der Waals surface area contributed by atoms with Gasteiger partial charge in [0.1, 0.15) is 11.4 Å². The van der Waals surface area contributed by atoms with E-state index in [9.17, 15) is 4.79 Å². The molecule has 7 heteroatoms. The van der Waals surface area contributed by atoms with Crippen LogP contribution in [0.25, 0.3) is 0 Å². The van der Waals surface area contributed by atoms with Crippen molar-refractivity contribution in [1.29, 1.82) is 0 Å². The van der Waals surface area contributed by atoms with E-state index < -0.39 is 5.97 Å². The highest BCUT2D eigenvalue weighted by Crippen LogP contribution is 2.24. The molecule has 0 aliphatic carbocycles. The summed E-state index contributed by atoms with van der Waals surface area (Å²) >= 11 is 0. The number of aryl methyl sites for hydroxylation is 1. The maximum absolute atomic E-state index is 11.8. The lowest BCUT2D eigenvalue weighted by molar-refractivity contribution is 0.0603. The highest BCUT2D eigenvalue weighted by Gasteiger charge is 2.26. The zero-order chi connectivity index (χ0) is 13.8. The summed E-state index contributed by atoms with van der Waals surface area (Å²) in [6.07, 6.45) is 2.01. The summed E-state index contributed by atoms with van der Waals surface area (Å²) in [6, 6.07) is 0.289. The zero-order valence-electron chi connectivity index (χ0n) is 11.4. The number of unbranched alkanes of at least 4 members (excludes halogenated alkanes) is 1. The fraction of sp³-hybridized carbons (Fsp3) is 0.667. The van der Waals surface area contributed by atoms with Gasteiger partial charge in [0.2, 0.25) is 0 Å². The zero-order valence-corrected chi connectivity index (χ0v) is 11.4. The summed E-state index contributed by atoms with van der Waals surface area (Å²) < 4.78 is 6.45. The molecule has 1 saturated heterocycles. The quantitative estimate of drug-likeness (QED) is 0.647. The van der Waals surface area contributed by atoms with Gasteiger partial charge in [-0.15, -0.1) is 0 Å². The van der Waals surface area contributed by atoms with E-state index in [1.807, 2.05) is 0 Å². The Kier molecular flexibility index (Phi) is 4.26. The van der Waals surface area contributed by atoms with Crippen molar-refractivity contribution in [2.24, 2.45) is 0 Å². The van der Waals surface area contributed by atoms with Crippen LogP contribution in [-0.4, -0.2) is 42.0 Å². The first kappa shape index (κ1) is 13.7. The highest BCUT2D eigenvalue weighted by molar-refractivity contribution is 5.99. The second kappa shape index (κ2) is 5.92. The van der Waals surface area contributed by atoms with Gasteiger partial charge in [0.15, 0.2) is 5.82 Å². The largest absolute Gasteiger partial charge is 0.465 e. The number of rotatable bonds is 6. The lowest BCUT2D eigenvalue weighted by Gasteiger charge is -2.28. The standard InChI is InChI=1S/C12H21N5O2/c1-3-4-5-17-10(13)9(12(18)19-2)11(16-17)15-8-6-14-7-8/h8,14H,3-7,13H2,1-2H3,(H,15,16). The van der Waals surface area contributed by atoms with Crippen LogP contribution in [-0.2, 0) is 11.3 Å². The number of carbonyl (C=O) groups is 1. The van der Waals surface area contributed by atoms with Crippen LogP contribution >= 0.6 is 0 Å². The van der Waals surface area contributed by atoms with E-state index in [2.05, 4.69) is 22.7 Å². The van der Waals surface area contributed by atoms with Gasteiger partial charge in [-0.2, -0.15) is 5.10 Å². The van der Waals surface area contributed by atoms with E-state index in [0.29, 0.717) is 23.7 Å². The Morgan fingerprint density at radius 3 is 2.89 bits per heavy atom. The number of hydrogen-bond donors (Lipinski definition) is 3. The number of nitrogen functional groups attached to an aromatic ring is 1. The predicted molar refractivity (Wildman–Crippen MR) is 73.2 cm³/mol. The van der Waals surface area contributed by atoms with Crippen molar-refractivity contribution in [1.82, 2.24) is 15.1 Å². The Hall–Kier alpha value is -1.76. The Bertz CT molecular complexity index is 453. The minimum Gasteiger partial charge on any atom is -0.465 e. The first-order chi connectivity index (χ1) is 9.17. The summed E-state index contributed by atoms with van der Waals surface area (Å²) in [5.74, 6) is 0.442. The van der Waals surface area contributed by atoms with Gasteiger partial charge in [-0.25, -0.2) is 9.48 Å². The van der Waals surface area contributed by atoms with Gasteiger partial charge in [0.25, 0.3) is 0 Å². The average molecular weight is 267 g/mol. The number of nitrogens with zero attached hydrogens (tertiary/aromatic N) is 2. The minimum absolute atomic E-state index is 0.289. The van der Waals surface area contributed by atoms with Crippen LogP contribution in [0.15, 0.2) is 0 Å². The molecule has 19 heavy (non-hydrogen) atoms. The van der Waals surface area contributed by atoms with Crippen LogP contribution in [0.5, 0.6) is 0 Å². The molecule has 0 saturated carbocycles. The van der Waals surface area contributed by atoms with E-state index in [-0.39, 0.29) is 6.04 Å². The molecule has 0 radical (unpaired) electrons. The fourth-order valence-corrected chi connectivity index (χ4v) is 1.94. The van der Waals surface area contributed by atoms with E-state index in [1.165, 1.54) is 7.11 Å². The van der Waals surface area contributed by atoms with Crippen LogP contribution in [0.4, 0.5) is 11.6 Å². The van der Waals surface area contributed by atoms with Gasteiger partial charge in [-0.05, 0) is 6.42 Å². The summed E-state index contributed by atoms with van der Waals surface area (Å²) in [7, 11) is 1.35. The number of methoxy groups -OCH3 is 1. The third kappa shape index (κ3) is 2.81. The smallest absolute Gasteiger partial charge is 0.345 e. The third-order valence-electron chi connectivity index (χ3n) is 3.23. The predicted octanol–water partition coefficient (Wildman–Crippen LogP) is 0.436. The molecule has 0 bridgehead atoms. The number of ether oxygens (including phenoxy) is 1. The molecule has 2 heterocycles. The number of anilines is 2. The molecule has 7 nitrogen and oxygen atoms in total. The lowest BCUT2D eigenvalue weighted by Crippen LogP contribution is -2.51. The lowest BCUT2D eigenvalue weighted by atomic mass is 10.1. The molecule has 1 aliphatic rings. The van der Waals surface area contributed by atoms with Gasteiger partial charge in [-0.1, -0.05) is 13.3 Å². The van der Waals surface area contributed by atoms with Crippen LogP contribution < -0.4 is 16.4 Å². The van der Waals surface area contributed by atoms with Crippen molar-refractivity contribution >= 4 is 17.6 Å². The Balaban J connectivity index is 2.24. The van der Waals surface area contributed by atoms with Crippen molar-refractivity contribution in [3.05, 3.63) is 5.56 Å². The second-order valence-corrected chi connectivity index (χ2v) is 4.68. The summed E-state index contributed by atoms with van der Waals surface area (Å²) in [5.41, 5.74) is 6.34. The van der Waals surface area contributed by atoms with E-state index in [0.717, 1.165) is 25.9 Å². The molecule has 0 aromatic carbocycles. The molecule has 1 fully saturated rings. The topological polar surface area (TPSA) is 94.2 Å². The molecule has 1 aromatic rings. The van der Waals surface area contributed by atoms with Gasteiger partial charge < -0.3 is 21.1 Å². The average Bonchev–Trinajstić information content (AvgIpc) is 2.67. The number of nitrogens with two attached hydrogens (primary N) is 1. The number of hydrogen-bond acceptors (Lipinski definition) is 6. The molecule has 106 valence electrons. The Morgan fingerprint density at radius 1 is 1.63 bits per heavy atom. The SMILES string of the molecule is CCCCn1nc(NC2CNC2)c(C(=O)OC)c1N. The minimum atomic E-state index is -0.449. The molecular weight excluding hydrogens is 246 g/mol. The number of carbonyl (C=O) groups excluding carboxylic acids is 1. The van der Waals surface area contributed by atoms with Gasteiger partial charge in [0, 0.05) is 19.6 Å². The van der Waals surface area contributed by atoms with Crippen molar-refractivity contribution in [2.75, 3.05) is 31.2 Å². The highest BCUT2D eigenvalue weighted by atomic mass is 16.5. The summed E-state index contributed by atoms with van der Waals surface area (Å²) in [6.45, 7) is 4.53. The van der Waals surface area contributed by atoms with E-state index in [1.54, 1.807) is 4.68 Å². The molecule has 0 amide bonds. The first-order valence-corrected chi connectivity index (χ1v) is 6.59. The maximum Gasteiger partial charge on any atom is 0.345 e. The van der Waals surface area contributed by atoms with Gasteiger partial charge in [-0.3, -0.25) is 0 Å². The van der Waals surface area contributed by atoms with Gasteiger partial charge >= 0.3 is 5.97 Å². The number of aromatic nitrogens is 2. The Morgan fingerprint density at radius 2 is 2.37 bits per heavy atom. The van der Waals surface area contributed by atoms with Crippen LogP contribution in [0.1, 0.15) is 30.1 Å². The molecule has 1 aliphatic heterocycles. The van der Waals surface area contributed by atoms with Crippen molar-refractivity contribution in [2.45, 2.75) is 32.4 Å². The van der Waals surface area contributed by atoms with Crippen molar-refractivity contribution in [3.63, 3.8) is 0 Å². The molecule has 0 spiro atoms. The van der Waals surface area contributed by atoms with Crippen LogP contribution in [0.2, 0.25) is 0 Å². The molecule has 0 unspecified atom stereocenters. The monoisotopic (exact) mass is 267 g/mol. The molecule has 0 atom stereocenters. The molecular formula is C12H21N5O2. The third-order valence-corrected chi connectivity index (χ3v) is 3.23. The maximum atomic E-state index is 11.8. The molecule has 1 aromatic heterocycles. The Labute approximate surface area is 112 Å². The summed E-state index contributed by atoms with van der Waals surface area (Å²) in [5, 5.41) is 10.8. The second-order valence-electron chi connectivity index (χ2n) is 4.68. The van der Waals surface area contributed by atoms with E-state index in [4.69, 9.17) is 10.5 Å². The normalized spacial score (nSPS) is 15.1. The van der Waals surface area contributed by atoms with Crippen molar-refractivity contribution in [3.8, 4) is 0 Å². The van der Waals surface area contributed by atoms with E-state index >= 15 is 0 Å². The van der Waals surface area contributed by atoms with Gasteiger partial charge in [0.05, 0.1) is 13.2 Å². The summed E-state index contributed by atoms with van der Waals surface area (Å²) in [4.78, 5) is 11.8. The molecule has 2 rings (SSSR count). The fourth-order valence-electron chi connectivity index (χ4n) is 1.94.